The van der Waals surface area contributed by atoms with Gasteiger partial charge in [-0.3, -0.25) is 14.2 Å². The Morgan fingerprint density at radius 2 is 1.83 bits per heavy atom. The molecule has 6 aromatic rings. The lowest BCUT2D eigenvalue weighted by Crippen LogP contribution is -2.35. The summed E-state index contributed by atoms with van der Waals surface area (Å²) in [5.74, 6) is -7.72. The number of pyridine rings is 1. The first-order valence-electron chi connectivity index (χ1n) is 17.0. The minimum absolute atomic E-state index is 0.0570. The number of benzene rings is 2. The van der Waals surface area contributed by atoms with Crippen LogP contribution in [0.5, 0.6) is 0 Å². The van der Waals surface area contributed by atoms with Crippen molar-refractivity contribution < 1.29 is 36.2 Å². The summed E-state index contributed by atoms with van der Waals surface area (Å²) >= 11 is 1.25. The number of hydrogen-bond donors (Lipinski definition) is 4. The second-order valence-corrected chi connectivity index (χ2v) is 15.4. The maximum Gasteiger partial charge on any atom is 0.293 e. The van der Waals surface area contributed by atoms with Crippen molar-refractivity contribution in [1.29, 1.82) is 0 Å². The number of thiazole rings is 1. The molecule has 2 aromatic carbocycles. The van der Waals surface area contributed by atoms with Crippen LogP contribution in [0.15, 0.2) is 42.5 Å². The summed E-state index contributed by atoms with van der Waals surface area (Å²) in [5, 5.41) is 25.3. The summed E-state index contributed by atoms with van der Waals surface area (Å²) in [6.45, 7) is 2.57. The van der Waals surface area contributed by atoms with Gasteiger partial charge in [0.25, 0.3) is 12.3 Å². The summed E-state index contributed by atoms with van der Waals surface area (Å²) in [5.41, 5.74) is 5.68. The molecule has 54 heavy (non-hydrogen) atoms. The molecule has 3 atom stereocenters. The van der Waals surface area contributed by atoms with Gasteiger partial charge in [0.2, 0.25) is 5.91 Å². The topological polar surface area (TPSA) is 149 Å². The Kier molecular flexibility index (Phi) is 8.40. The summed E-state index contributed by atoms with van der Waals surface area (Å²) in [6.07, 6.45) is -3.30. The number of carbonyl (C=O) groups excluding carboxylic acids is 1. The molecule has 1 fully saturated rings. The number of para-hydroxylation sites is 1. The van der Waals surface area contributed by atoms with Crippen LogP contribution in [0.3, 0.4) is 0 Å². The van der Waals surface area contributed by atoms with E-state index in [0.29, 0.717) is 42.6 Å². The minimum Gasteiger partial charge on any atom is -0.389 e. The molecule has 8 rings (SSSR count). The maximum atomic E-state index is 15.4. The number of nitrogens with two attached hydrogens (primary N) is 1. The molecule has 4 heterocycles. The lowest BCUT2D eigenvalue weighted by atomic mass is 9.94. The SMILES string of the molecule is Cn1nc(N)c2cccc(-c3cc4sc(NCC(C)(C)O)nc4nc3[C@H](Cc3cc(F)cc(F)c3)NC(=O)Cn3nc(C(F)F)c4c3C(F)(F)C3C[C@H]43)c21. The van der Waals surface area contributed by atoms with Crippen molar-refractivity contribution >= 4 is 49.4 Å². The third kappa shape index (κ3) is 6.29. The summed E-state index contributed by atoms with van der Waals surface area (Å²) in [7, 11) is 1.70. The van der Waals surface area contributed by atoms with E-state index in [1.165, 1.54) is 11.3 Å². The molecule has 0 spiro atoms. The lowest BCUT2D eigenvalue weighted by Gasteiger charge is -2.23. The number of fused-ring (bicyclic) bond motifs is 5. The van der Waals surface area contributed by atoms with Gasteiger partial charge in [-0.15, -0.1) is 0 Å². The minimum atomic E-state index is -3.45. The van der Waals surface area contributed by atoms with Crippen molar-refractivity contribution in [3.63, 3.8) is 0 Å². The van der Waals surface area contributed by atoms with Crippen LogP contribution in [-0.4, -0.2) is 52.7 Å². The van der Waals surface area contributed by atoms with Gasteiger partial charge in [-0.05, 0) is 62.4 Å². The van der Waals surface area contributed by atoms with Gasteiger partial charge in [0.05, 0.1) is 27.6 Å². The second-order valence-electron chi connectivity index (χ2n) is 14.4. The lowest BCUT2D eigenvalue weighted by molar-refractivity contribution is -0.123. The third-order valence-corrected chi connectivity index (χ3v) is 10.7. The van der Waals surface area contributed by atoms with E-state index < -0.39 is 71.3 Å². The first-order valence-corrected chi connectivity index (χ1v) is 17.8. The van der Waals surface area contributed by atoms with Crippen LogP contribution in [0.2, 0.25) is 0 Å². The van der Waals surface area contributed by atoms with E-state index in [0.717, 1.165) is 12.1 Å². The number of rotatable bonds is 11. The first-order chi connectivity index (χ1) is 25.5. The van der Waals surface area contributed by atoms with Gasteiger partial charge >= 0.3 is 0 Å². The predicted molar refractivity (Wildman–Crippen MR) is 189 cm³/mol. The van der Waals surface area contributed by atoms with E-state index in [9.17, 15) is 27.5 Å². The molecule has 1 saturated carbocycles. The number of anilines is 2. The van der Waals surface area contributed by atoms with E-state index in [1.807, 2.05) is 0 Å². The van der Waals surface area contributed by atoms with Crippen LogP contribution in [0.4, 0.5) is 37.3 Å². The van der Waals surface area contributed by atoms with Crippen molar-refractivity contribution in [2.45, 2.75) is 63.1 Å². The Balaban J connectivity index is 1.26. The Hall–Kier alpha value is -5.23. The fourth-order valence-corrected chi connectivity index (χ4v) is 8.29. The van der Waals surface area contributed by atoms with Crippen molar-refractivity contribution in [2.24, 2.45) is 13.0 Å². The number of nitrogen functional groups attached to an aromatic ring is 1. The van der Waals surface area contributed by atoms with Crippen LogP contribution in [0.1, 0.15) is 66.9 Å². The summed E-state index contributed by atoms with van der Waals surface area (Å²) < 4.78 is 90.6. The average molecular weight is 770 g/mol. The number of halogens is 6. The Bertz CT molecular complexity index is 2450. The highest BCUT2D eigenvalue weighted by molar-refractivity contribution is 7.22. The molecule has 0 aliphatic heterocycles. The summed E-state index contributed by atoms with van der Waals surface area (Å²) in [6, 6.07) is 8.81. The van der Waals surface area contributed by atoms with Gasteiger partial charge < -0.3 is 21.5 Å². The molecule has 18 heteroatoms. The van der Waals surface area contributed by atoms with E-state index >= 15 is 8.78 Å². The van der Waals surface area contributed by atoms with Crippen LogP contribution in [0.25, 0.3) is 32.4 Å². The molecule has 282 valence electrons. The fraction of sp³-hybridized carbons (Fsp3) is 0.361. The number of hydrogen-bond acceptors (Lipinski definition) is 9. The van der Waals surface area contributed by atoms with Gasteiger partial charge in [-0.25, -0.2) is 27.5 Å². The standard InChI is InChI=1S/C36H33F6N9O2S/c1-35(2,53)14-44-34-47-33-24(54-34)12-20(18-5-4-6-19-29(18)50(3)49-32(19)43)27(46-33)23(9-15-7-16(37)10-17(38)8-15)45-25(52)13-51-30-26(28(48-51)31(39)40)21-11-22(21)36(30,41)42/h4-8,10,12,21-23,31,53H,9,11,13-14H2,1-3H3,(H2,43,49)(H,45,52)(H,44,46,47)/t21-,22?,23-/m0/s1. The zero-order chi connectivity index (χ0) is 38.4. The Morgan fingerprint density at radius 1 is 1.09 bits per heavy atom. The molecule has 2 aliphatic rings. The molecular weight excluding hydrogens is 737 g/mol. The quantitative estimate of drug-likeness (QED) is 0.106. The maximum absolute atomic E-state index is 15.4. The second kappa shape index (κ2) is 12.7. The van der Waals surface area contributed by atoms with E-state index in [4.69, 9.17) is 10.7 Å². The van der Waals surface area contributed by atoms with Crippen molar-refractivity contribution in [3.8, 4) is 11.1 Å². The normalized spacial score (nSPS) is 18.0. The smallest absolute Gasteiger partial charge is 0.293 e. The van der Waals surface area contributed by atoms with Gasteiger partial charge in [0, 0.05) is 47.7 Å². The third-order valence-electron chi connectivity index (χ3n) is 9.76. The van der Waals surface area contributed by atoms with Crippen LogP contribution in [-0.2, 0) is 30.7 Å². The largest absolute Gasteiger partial charge is 0.389 e. The van der Waals surface area contributed by atoms with Gasteiger partial charge in [-0.2, -0.15) is 19.0 Å². The van der Waals surface area contributed by atoms with E-state index in [2.05, 4.69) is 25.8 Å². The highest BCUT2D eigenvalue weighted by atomic mass is 32.1. The van der Waals surface area contributed by atoms with Gasteiger partial charge in [0.1, 0.15) is 29.6 Å². The number of aryl methyl sites for hydroxylation is 1. The number of carbonyl (C=O) groups is 1. The molecule has 2 aliphatic carbocycles. The van der Waals surface area contributed by atoms with Crippen LogP contribution in [0, 0.1) is 17.6 Å². The average Bonchev–Trinajstić information content (AvgIpc) is 3.38. The zero-order valence-electron chi connectivity index (χ0n) is 29.0. The Morgan fingerprint density at radius 3 is 2.54 bits per heavy atom. The Labute approximate surface area is 307 Å². The molecule has 0 saturated heterocycles. The number of aliphatic hydroxyl groups is 1. The molecule has 4 aromatic heterocycles. The molecular formula is C36H33F6N9O2S. The number of nitrogens with zero attached hydrogens (tertiary/aromatic N) is 6. The molecule has 0 bridgehead atoms. The van der Waals surface area contributed by atoms with Crippen molar-refractivity contribution in [1.82, 2.24) is 34.8 Å². The predicted octanol–water partition coefficient (Wildman–Crippen LogP) is 6.73. The number of nitrogens with one attached hydrogen (secondary N) is 2. The monoisotopic (exact) mass is 769 g/mol. The van der Waals surface area contributed by atoms with Gasteiger partial charge in [0.15, 0.2) is 16.6 Å². The number of aromatic nitrogens is 6. The molecule has 5 N–H and O–H groups in total. The number of alkyl halides is 4. The van der Waals surface area contributed by atoms with Crippen molar-refractivity contribution in [2.75, 3.05) is 17.6 Å². The van der Waals surface area contributed by atoms with Gasteiger partial charge in [-0.1, -0.05) is 23.5 Å². The van der Waals surface area contributed by atoms with E-state index in [1.54, 1.807) is 49.8 Å². The molecule has 1 amide bonds. The van der Waals surface area contributed by atoms with Crippen LogP contribution < -0.4 is 16.4 Å². The first kappa shape index (κ1) is 35.8. The fourth-order valence-electron chi connectivity index (χ4n) is 7.44. The highest BCUT2D eigenvalue weighted by Crippen LogP contribution is 2.68. The summed E-state index contributed by atoms with van der Waals surface area (Å²) in [4.78, 5) is 23.4. The molecule has 11 nitrogen and oxygen atoms in total. The van der Waals surface area contributed by atoms with Crippen LogP contribution >= 0.6 is 11.3 Å². The molecule has 0 radical (unpaired) electrons. The molecule has 1 unspecified atom stereocenters. The highest BCUT2D eigenvalue weighted by Gasteiger charge is 2.67. The van der Waals surface area contributed by atoms with Crippen molar-refractivity contribution in [3.05, 3.63) is 82.3 Å². The zero-order valence-corrected chi connectivity index (χ0v) is 29.8. The van der Waals surface area contributed by atoms with E-state index in [-0.39, 0.29) is 47.7 Å². The number of amides is 1.